The van der Waals surface area contributed by atoms with Crippen molar-refractivity contribution < 1.29 is 24.2 Å². The van der Waals surface area contributed by atoms with Crippen molar-refractivity contribution in [1.82, 2.24) is 0 Å². The molecule has 5 heteroatoms. The number of rotatable bonds is 4. The first-order valence-corrected chi connectivity index (χ1v) is 4.19. The topological polar surface area (TPSA) is 72.8 Å². The zero-order valence-electron chi connectivity index (χ0n) is 8.86. The maximum absolute atomic E-state index is 11.2. The summed E-state index contributed by atoms with van der Waals surface area (Å²) in [6.07, 6.45) is -1.32. The number of methoxy groups -OCH3 is 2. The summed E-state index contributed by atoms with van der Waals surface area (Å²) in [5.41, 5.74) is -0.900. The predicted octanol–water partition coefficient (Wildman–Crippen LogP) is 0.110. The molecule has 1 atom stereocenters. The Balaban J connectivity index is 4.35. The third kappa shape index (κ3) is 3.33. The van der Waals surface area contributed by atoms with Crippen LogP contribution in [0.4, 0.5) is 0 Å². The number of hydrogen-bond acceptors (Lipinski definition) is 5. The molecule has 0 saturated heterocycles. The zero-order chi connectivity index (χ0) is 11.4. The van der Waals surface area contributed by atoms with Crippen molar-refractivity contribution in [3.05, 3.63) is 0 Å². The Bertz CT molecular complexity index is 221. The number of aliphatic hydroxyl groups excluding tert-OH is 1. The molecule has 14 heavy (non-hydrogen) atoms. The number of hydrogen-bond donors (Lipinski definition) is 1. The van der Waals surface area contributed by atoms with E-state index >= 15 is 0 Å². The monoisotopic (exact) mass is 204 g/mol. The molecule has 82 valence electrons. The largest absolute Gasteiger partial charge is 0.469 e. The maximum Gasteiger partial charge on any atom is 0.334 e. The van der Waals surface area contributed by atoms with Crippen LogP contribution in [0.25, 0.3) is 0 Å². The lowest BCUT2D eigenvalue weighted by Gasteiger charge is -2.23. The number of carbonyl (C=O) groups excluding carboxylic acids is 2. The highest BCUT2D eigenvalue weighted by atomic mass is 16.5. The van der Waals surface area contributed by atoms with Gasteiger partial charge in [0.15, 0.2) is 6.10 Å². The smallest absolute Gasteiger partial charge is 0.334 e. The van der Waals surface area contributed by atoms with Gasteiger partial charge in [-0.2, -0.15) is 0 Å². The highest BCUT2D eigenvalue weighted by Crippen LogP contribution is 2.24. The Morgan fingerprint density at radius 2 is 1.79 bits per heavy atom. The van der Waals surface area contributed by atoms with Gasteiger partial charge in [-0.1, -0.05) is 0 Å². The first-order valence-electron chi connectivity index (χ1n) is 4.19. The van der Waals surface area contributed by atoms with Crippen molar-refractivity contribution in [3.63, 3.8) is 0 Å². The van der Waals surface area contributed by atoms with Crippen molar-refractivity contribution in [2.24, 2.45) is 5.41 Å². The van der Waals surface area contributed by atoms with Crippen LogP contribution in [-0.4, -0.2) is 37.4 Å². The van der Waals surface area contributed by atoms with Gasteiger partial charge in [-0.05, 0) is 20.3 Å². The van der Waals surface area contributed by atoms with Gasteiger partial charge in [0.05, 0.1) is 19.6 Å². The minimum atomic E-state index is -1.30. The number of ether oxygens (including phenoxy) is 2. The van der Waals surface area contributed by atoms with Crippen LogP contribution in [0.15, 0.2) is 0 Å². The molecule has 0 saturated carbocycles. The molecule has 0 radical (unpaired) electrons. The van der Waals surface area contributed by atoms with Gasteiger partial charge in [0.25, 0.3) is 0 Å². The summed E-state index contributed by atoms with van der Waals surface area (Å²) in [5, 5.41) is 9.32. The molecule has 0 aliphatic rings. The summed E-state index contributed by atoms with van der Waals surface area (Å²) in [5.74, 6) is -1.22. The first-order chi connectivity index (χ1) is 6.35. The van der Waals surface area contributed by atoms with E-state index in [0.717, 1.165) is 0 Å². The maximum atomic E-state index is 11.2. The van der Waals surface area contributed by atoms with Crippen LogP contribution in [0.2, 0.25) is 0 Å². The predicted molar refractivity (Wildman–Crippen MR) is 48.4 cm³/mol. The molecular weight excluding hydrogens is 188 g/mol. The fourth-order valence-electron chi connectivity index (χ4n) is 1.06. The van der Waals surface area contributed by atoms with Crippen molar-refractivity contribution in [2.75, 3.05) is 14.2 Å². The summed E-state index contributed by atoms with van der Waals surface area (Å²) in [4.78, 5) is 22.1. The zero-order valence-corrected chi connectivity index (χ0v) is 8.86. The Morgan fingerprint density at radius 3 is 2.14 bits per heavy atom. The van der Waals surface area contributed by atoms with E-state index < -0.39 is 23.5 Å². The SMILES string of the molecule is COC(=O)[C@H](O)CC(C)(C)C(=O)OC. The summed E-state index contributed by atoms with van der Waals surface area (Å²) < 4.78 is 8.86. The lowest BCUT2D eigenvalue weighted by molar-refractivity contribution is -0.158. The van der Waals surface area contributed by atoms with Crippen LogP contribution in [0, 0.1) is 5.41 Å². The molecule has 1 N–H and O–H groups in total. The molecule has 0 rings (SSSR count). The van der Waals surface area contributed by atoms with Crippen molar-refractivity contribution >= 4 is 11.9 Å². The van der Waals surface area contributed by atoms with Gasteiger partial charge in [0.2, 0.25) is 0 Å². The molecule has 0 aliphatic carbocycles. The van der Waals surface area contributed by atoms with E-state index in [0.29, 0.717) is 0 Å². The molecule has 0 aromatic carbocycles. The highest BCUT2D eigenvalue weighted by molar-refractivity contribution is 5.79. The summed E-state index contributed by atoms with van der Waals surface area (Å²) in [6, 6.07) is 0. The molecule has 0 heterocycles. The van der Waals surface area contributed by atoms with Gasteiger partial charge >= 0.3 is 11.9 Å². The molecule has 0 aromatic heterocycles. The second-order valence-electron chi connectivity index (χ2n) is 3.62. The molecule has 0 aliphatic heterocycles. The van der Waals surface area contributed by atoms with Crippen molar-refractivity contribution in [1.29, 1.82) is 0 Å². The molecule has 0 bridgehead atoms. The van der Waals surface area contributed by atoms with Crippen LogP contribution in [0.1, 0.15) is 20.3 Å². The quantitative estimate of drug-likeness (QED) is 0.658. The molecule has 5 nitrogen and oxygen atoms in total. The summed E-state index contributed by atoms with van der Waals surface area (Å²) >= 11 is 0. The van der Waals surface area contributed by atoms with E-state index in [2.05, 4.69) is 9.47 Å². The van der Waals surface area contributed by atoms with Crippen LogP contribution in [0.5, 0.6) is 0 Å². The van der Waals surface area contributed by atoms with Crippen LogP contribution >= 0.6 is 0 Å². The van der Waals surface area contributed by atoms with Gasteiger partial charge in [0.1, 0.15) is 0 Å². The Hall–Kier alpha value is -1.10. The van der Waals surface area contributed by atoms with Crippen LogP contribution in [0.3, 0.4) is 0 Å². The van der Waals surface area contributed by atoms with Crippen LogP contribution < -0.4 is 0 Å². The fraction of sp³-hybridized carbons (Fsp3) is 0.778. The van der Waals surface area contributed by atoms with E-state index in [1.54, 1.807) is 13.8 Å². The lowest BCUT2D eigenvalue weighted by Crippen LogP contribution is -2.34. The molecule has 0 fully saturated rings. The fourth-order valence-corrected chi connectivity index (χ4v) is 1.06. The average Bonchev–Trinajstić information content (AvgIpc) is 2.14. The van der Waals surface area contributed by atoms with E-state index in [-0.39, 0.29) is 6.42 Å². The summed E-state index contributed by atoms with van der Waals surface area (Å²) in [6.45, 7) is 3.18. The first kappa shape index (κ1) is 12.9. The minimum Gasteiger partial charge on any atom is -0.469 e. The third-order valence-electron chi connectivity index (χ3n) is 1.91. The Morgan fingerprint density at radius 1 is 1.29 bits per heavy atom. The second kappa shape index (κ2) is 4.95. The van der Waals surface area contributed by atoms with E-state index in [1.165, 1.54) is 14.2 Å². The molecule has 0 spiro atoms. The van der Waals surface area contributed by atoms with Gasteiger partial charge in [0, 0.05) is 0 Å². The average molecular weight is 204 g/mol. The molecule has 0 aromatic rings. The number of esters is 2. The van der Waals surface area contributed by atoms with Gasteiger partial charge in [-0.3, -0.25) is 4.79 Å². The van der Waals surface area contributed by atoms with E-state index in [9.17, 15) is 14.7 Å². The van der Waals surface area contributed by atoms with E-state index in [4.69, 9.17) is 0 Å². The third-order valence-corrected chi connectivity index (χ3v) is 1.91. The van der Waals surface area contributed by atoms with Gasteiger partial charge < -0.3 is 14.6 Å². The Labute approximate surface area is 83.0 Å². The lowest BCUT2D eigenvalue weighted by atomic mass is 9.87. The number of carbonyl (C=O) groups is 2. The molecule has 0 amide bonds. The highest BCUT2D eigenvalue weighted by Gasteiger charge is 2.34. The van der Waals surface area contributed by atoms with Gasteiger partial charge in [-0.25, -0.2) is 4.79 Å². The molecular formula is C9H16O5. The van der Waals surface area contributed by atoms with Crippen molar-refractivity contribution in [3.8, 4) is 0 Å². The molecule has 0 unspecified atom stereocenters. The van der Waals surface area contributed by atoms with Gasteiger partial charge in [-0.15, -0.1) is 0 Å². The number of aliphatic hydroxyl groups is 1. The van der Waals surface area contributed by atoms with Crippen molar-refractivity contribution in [2.45, 2.75) is 26.4 Å². The normalized spacial score (nSPS) is 13.2. The summed E-state index contributed by atoms with van der Waals surface area (Å²) in [7, 11) is 2.44. The second-order valence-corrected chi connectivity index (χ2v) is 3.62. The van der Waals surface area contributed by atoms with E-state index in [1.807, 2.05) is 0 Å². The van der Waals surface area contributed by atoms with Crippen LogP contribution in [-0.2, 0) is 19.1 Å². The Kier molecular flexibility index (Phi) is 4.56. The minimum absolute atomic E-state index is 0.0215. The standard InChI is InChI=1S/C9H16O5/c1-9(2,8(12)14-4)5-6(10)7(11)13-3/h6,10H,5H2,1-4H3/t6-/m1/s1.